The molecular weight excluding hydrogens is 246 g/mol. The van der Waals surface area contributed by atoms with Crippen molar-refractivity contribution < 1.29 is 0 Å². The van der Waals surface area contributed by atoms with Gasteiger partial charge in [0.1, 0.15) is 0 Å². The highest BCUT2D eigenvalue weighted by atomic mass is 15.2. The van der Waals surface area contributed by atoms with Crippen LogP contribution in [0.3, 0.4) is 0 Å². The molecular formula is C17H27N3. The second kappa shape index (κ2) is 6.25. The van der Waals surface area contributed by atoms with E-state index in [1.54, 1.807) is 0 Å². The molecule has 3 rings (SSSR count). The zero-order chi connectivity index (χ0) is 13.9. The Balaban J connectivity index is 1.80. The van der Waals surface area contributed by atoms with Gasteiger partial charge in [-0.2, -0.15) is 0 Å². The Morgan fingerprint density at radius 1 is 1.10 bits per heavy atom. The van der Waals surface area contributed by atoms with Crippen LogP contribution in [-0.4, -0.2) is 56.1 Å². The van der Waals surface area contributed by atoms with Crippen LogP contribution in [0.15, 0.2) is 24.3 Å². The summed E-state index contributed by atoms with van der Waals surface area (Å²) in [6.45, 7) is 4.90. The van der Waals surface area contributed by atoms with Gasteiger partial charge in [-0.15, -0.1) is 0 Å². The first-order chi connectivity index (χ1) is 9.79. The number of nitrogens with zero attached hydrogens (tertiary/aromatic N) is 2. The highest BCUT2D eigenvalue weighted by molar-refractivity contribution is 5.34. The summed E-state index contributed by atoms with van der Waals surface area (Å²) in [4.78, 5) is 5.19. The number of aryl methyl sites for hydroxylation is 1. The van der Waals surface area contributed by atoms with Crippen molar-refractivity contribution in [2.75, 3.05) is 40.3 Å². The van der Waals surface area contributed by atoms with Crippen molar-refractivity contribution in [1.29, 1.82) is 0 Å². The molecule has 110 valence electrons. The second-order valence-electron chi connectivity index (χ2n) is 6.26. The van der Waals surface area contributed by atoms with E-state index >= 15 is 0 Å². The number of likely N-dealkylation sites (N-methyl/N-ethyl adjacent to an activating group) is 2. The van der Waals surface area contributed by atoms with E-state index in [1.165, 1.54) is 56.6 Å². The summed E-state index contributed by atoms with van der Waals surface area (Å²) in [5, 5.41) is 3.58. The van der Waals surface area contributed by atoms with Gasteiger partial charge in [-0.3, -0.25) is 4.90 Å². The zero-order valence-electron chi connectivity index (χ0n) is 12.8. The van der Waals surface area contributed by atoms with E-state index in [-0.39, 0.29) is 0 Å². The highest BCUT2D eigenvalue weighted by Gasteiger charge is 2.32. The number of hydrogen-bond acceptors (Lipinski definition) is 3. The largest absolute Gasteiger partial charge is 0.312 e. The molecule has 0 spiro atoms. The number of fused-ring (bicyclic) bond motifs is 1. The maximum Gasteiger partial charge on any atom is 0.0478 e. The molecule has 1 saturated heterocycles. The molecule has 2 aliphatic rings. The van der Waals surface area contributed by atoms with Gasteiger partial charge in [-0.05, 0) is 57.6 Å². The van der Waals surface area contributed by atoms with Crippen LogP contribution in [0.1, 0.15) is 30.0 Å². The fourth-order valence-corrected chi connectivity index (χ4v) is 3.88. The van der Waals surface area contributed by atoms with Gasteiger partial charge in [0.05, 0.1) is 0 Å². The first-order valence-corrected chi connectivity index (χ1v) is 7.97. The monoisotopic (exact) mass is 273 g/mol. The number of nitrogens with one attached hydrogen (secondary N) is 1. The number of hydrogen-bond donors (Lipinski definition) is 1. The standard InChI is InChI=1S/C17H27N3/c1-18-17-15-7-4-3-6-14(15)8-9-16(17)20-11-5-10-19(2)12-13-20/h3-4,6-7,16-18H,5,8-13H2,1-2H3. The SMILES string of the molecule is CNC1c2ccccc2CCC1N1CCCN(C)CC1. The van der Waals surface area contributed by atoms with Crippen molar-refractivity contribution >= 4 is 0 Å². The summed E-state index contributed by atoms with van der Waals surface area (Å²) >= 11 is 0. The Kier molecular flexibility index (Phi) is 4.39. The summed E-state index contributed by atoms with van der Waals surface area (Å²) in [5.74, 6) is 0. The van der Waals surface area contributed by atoms with E-state index in [1.807, 2.05) is 0 Å². The summed E-state index contributed by atoms with van der Waals surface area (Å²) in [5.41, 5.74) is 3.05. The van der Waals surface area contributed by atoms with Gasteiger partial charge in [0.25, 0.3) is 0 Å². The van der Waals surface area contributed by atoms with Crippen LogP contribution in [0.2, 0.25) is 0 Å². The molecule has 3 nitrogen and oxygen atoms in total. The molecule has 0 bridgehead atoms. The van der Waals surface area contributed by atoms with Gasteiger partial charge in [0, 0.05) is 25.2 Å². The quantitative estimate of drug-likeness (QED) is 0.888. The minimum absolute atomic E-state index is 0.489. The van der Waals surface area contributed by atoms with Gasteiger partial charge in [0.2, 0.25) is 0 Å². The molecule has 1 aliphatic heterocycles. The molecule has 0 aromatic heterocycles. The van der Waals surface area contributed by atoms with Crippen LogP contribution in [0.25, 0.3) is 0 Å². The molecule has 1 N–H and O–H groups in total. The molecule has 0 saturated carbocycles. The summed E-state index contributed by atoms with van der Waals surface area (Å²) < 4.78 is 0. The average molecular weight is 273 g/mol. The van der Waals surface area contributed by atoms with Crippen molar-refractivity contribution in [3.8, 4) is 0 Å². The van der Waals surface area contributed by atoms with Crippen LogP contribution < -0.4 is 5.32 Å². The van der Waals surface area contributed by atoms with Crippen molar-refractivity contribution in [3.05, 3.63) is 35.4 Å². The molecule has 1 heterocycles. The van der Waals surface area contributed by atoms with Gasteiger partial charge in [-0.1, -0.05) is 24.3 Å². The highest BCUT2D eigenvalue weighted by Crippen LogP contribution is 2.33. The van der Waals surface area contributed by atoms with Crippen molar-refractivity contribution in [2.45, 2.75) is 31.3 Å². The molecule has 0 amide bonds. The number of benzene rings is 1. The van der Waals surface area contributed by atoms with Crippen molar-refractivity contribution in [2.24, 2.45) is 0 Å². The van der Waals surface area contributed by atoms with E-state index in [4.69, 9.17) is 0 Å². The third-order valence-electron chi connectivity index (χ3n) is 5.02. The lowest BCUT2D eigenvalue weighted by molar-refractivity contribution is 0.148. The topological polar surface area (TPSA) is 18.5 Å². The Labute approximate surface area is 123 Å². The second-order valence-corrected chi connectivity index (χ2v) is 6.26. The van der Waals surface area contributed by atoms with E-state index < -0.39 is 0 Å². The minimum atomic E-state index is 0.489. The summed E-state index contributed by atoms with van der Waals surface area (Å²) in [6.07, 6.45) is 3.81. The molecule has 3 heteroatoms. The fraction of sp³-hybridized carbons (Fsp3) is 0.647. The Bertz CT molecular complexity index is 446. The van der Waals surface area contributed by atoms with Crippen LogP contribution >= 0.6 is 0 Å². The average Bonchev–Trinajstić information content (AvgIpc) is 2.70. The molecule has 1 aromatic carbocycles. The molecule has 2 unspecified atom stereocenters. The van der Waals surface area contributed by atoms with E-state index in [0.717, 1.165) is 0 Å². The fourth-order valence-electron chi connectivity index (χ4n) is 3.88. The number of rotatable bonds is 2. The van der Waals surface area contributed by atoms with Gasteiger partial charge < -0.3 is 10.2 Å². The van der Waals surface area contributed by atoms with Crippen LogP contribution in [0.4, 0.5) is 0 Å². The van der Waals surface area contributed by atoms with Crippen molar-refractivity contribution in [3.63, 3.8) is 0 Å². The molecule has 1 aliphatic carbocycles. The lowest BCUT2D eigenvalue weighted by Gasteiger charge is -2.40. The maximum atomic E-state index is 3.58. The first-order valence-electron chi connectivity index (χ1n) is 7.97. The Hall–Kier alpha value is -0.900. The van der Waals surface area contributed by atoms with Crippen LogP contribution in [-0.2, 0) is 6.42 Å². The first kappa shape index (κ1) is 14.1. The van der Waals surface area contributed by atoms with Crippen LogP contribution in [0, 0.1) is 0 Å². The van der Waals surface area contributed by atoms with Gasteiger partial charge in [0.15, 0.2) is 0 Å². The van der Waals surface area contributed by atoms with Crippen molar-refractivity contribution in [1.82, 2.24) is 15.1 Å². The molecule has 2 atom stereocenters. The smallest absolute Gasteiger partial charge is 0.0478 e. The van der Waals surface area contributed by atoms with Gasteiger partial charge in [-0.25, -0.2) is 0 Å². The maximum absolute atomic E-state index is 3.58. The molecule has 0 radical (unpaired) electrons. The lowest BCUT2D eigenvalue weighted by atomic mass is 9.83. The van der Waals surface area contributed by atoms with Gasteiger partial charge >= 0.3 is 0 Å². The molecule has 20 heavy (non-hydrogen) atoms. The van der Waals surface area contributed by atoms with E-state index in [2.05, 4.69) is 53.5 Å². The molecule has 1 aromatic rings. The predicted molar refractivity (Wildman–Crippen MR) is 84.0 cm³/mol. The predicted octanol–water partition coefficient (Wildman–Crippen LogP) is 1.90. The summed E-state index contributed by atoms with van der Waals surface area (Å²) in [6, 6.07) is 10.1. The third kappa shape index (κ3) is 2.76. The Morgan fingerprint density at radius 3 is 2.80 bits per heavy atom. The summed E-state index contributed by atoms with van der Waals surface area (Å²) in [7, 11) is 4.36. The van der Waals surface area contributed by atoms with Crippen LogP contribution in [0.5, 0.6) is 0 Å². The molecule has 1 fully saturated rings. The lowest BCUT2D eigenvalue weighted by Crippen LogP contribution is -2.47. The Morgan fingerprint density at radius 2 is 1.95 bits per heavy atom. The normalized spacial score (nSPS) is 28.9. The third-order valence-corrected chi connectivity index (χ3v) is 5.02. The van der Waals surface area contributed by atoms with E-state index in [9.17, 15) is 0 Å². The minimum Gasteiger partial charge on any atom is -0.312 e. The zero-order valence-corrected chi connectivity index (χ0v) is 12.8. The van der Waals surface area contributed by atoms with E-state index in [0.29, 0.717) is 12.1 Å².